The normalized spacial score (nSPS) is 24.2. The van der Waals surface area contributed by atoms with Gasteiger partial charge in [-0.05, 0) is 32.1 Å². The van der Waals surface area contributed by atoms with Crippen molar-refractivity contribution in [2.75, 3.05) is 12.4 Å². The van der Waals surface area contributed by atoms with Crippen LogP contribution in [0.3, 0.4) is 0 Å². The van der Waals surface area contributed by atoms with Crippen molar-refractivity contribution < 1.29 is 13.2 Å². The molecule has 1 saturated heterocycles. The van der Waals surface area contributed by atoms with Gasteiger partial charge >= 0.3 is 0 Å². The molecule has 0 amide bonds. The van der Waals surface area contributed by atoms with Crippen LogP contribution >= 0.6 is 0 Å². The Morgan fingerprint density at radius 2 is 2.06 bits per heavy atom. The first kappa shape index (κ1) is 14.0. The molecule has 0 N–H and O–H groups in total. The van der Waals surface area contributed by atoms with E-state index in [1.54, 1.807) is 0 Å². The maximum atomic E-state index is 12.1. The van der Waals surface area contributed by atoms with Crippen LogP contribution < -0.4 is 0 Å². The van der Waals surface area contributed by atoms with Crippen LogP contribution in [0.2, 0.25) is 0 Å². The molecule has 1 aliphatic rings. The molecular weight excluding hydrogens is 224 g/mol. The molecule has 1 heterocycles. The summed E-state index contributed by atoms with van der Waals surface area (Å²) < 4.78 is 29.8. The fourth-order valence-corrected chi connectivity index (χ4v) is 4.45. The summed E-state index contributed by atoms with van der Waals surface area (Å²) in [5.41, 5.74) is 0. The fourth-order valence-electron chi connectivity index (χ4n) is 2.29. The van der Waals surface area contributed by atoms with Crippen LogP contribution in [0.25, 0.3) is 0 Å². The highest BCUT2D eigenvalue weighted by Crippen LogP contribution is 2.19. The molecule has 0 aromatic carbocycles. The van der Waals surface area contributed by atoms with Crippen LogP contribution in [-0.2, 0) is 14.6 Å². The second-order valence-electron chi connectivity index (χ2n) is 4.64. The summed E-state index contributed by atoms with van der Waals surface area (Å²) >= 11 is 0. The van der Waals surface area contributed by atoms with E-state index in [1.165, 1.54) is 0 Å². The van der Waals surface area contributed by atoms with Crippen LogP contribution in [0.5, 0.6) is 0 Å². The molecule has 1 rings (SSSR count). The van der Waals surface area contributed by atoms with Gasteiger partial charge in [-0.15, -0.1) is 0 Å². The lowest BCUT2D eigenvalue weighted by atomic mass is 10.1. The highest BCUT2D eigenvalue weighted by molar-refractivity contribution is 7.92. The molecule has 4 heteroatoms. The summed E-state index contributed by atoms with van der Waals surface area (Å²) in [5.74, 6) is 0.228. The largest absolute Gasteiger partial charge is 0.377 e. The van der Waals surface area contributed by atoms with Crippen molar-refractivity contribution in [1.82, 2.24) is 0 Å². The third-order valence-electron chi connectivity index (χ3n) is 3.27. The lowest BCUT2D eigenvalue weighted by Crippen LogP contribution is -2.33. The van der Waals surface area contributed by atoms with Gasteiger partial charge in [-0.1, -0.05) is 20.3 Å². The molecule has 0 bridgehead atoms. The van der Waals surface area contributed by atoms with E-state index < -0.39 is 9.84 Å². The molecular formula is C12H24O3S. The van der Waals surface area contributed by atoms with Gasteiger partial charge < -0.3 is 4.74 Å². The first-order chi connectivity index (χ1) is 7.60. The Bertz CT molecular complexity index is 279. The van der Waals surface area contributed by atoms with Gasteiger partial charge in [0.2, 0.25) is 0 Å². The molecule has 0 aliphatic carbocycles. The quantitative estimate of drug-likeness (QED) is 0.725. The van der Waals surface area contributed by atoms with Crippen LogP contribution in [0.15, 0.2) is 0 Å². The molecule has 1 fully saturated rings. The second kappa shape index (κ2) is 6.60. The Kier molecular flexibility index (Phi) is 5.76. The SMILES string of the molecule is CCCC(CC)S(=O)(=O)CC1CCCCO1. The number of sulfone groups is 1. The lowest BCUT2D eigenvalue weighted by molar-refractivity contribution is 0.0304. The van der Waals surface area contributed by atoms with Gasteiger partial charge in [0.25, 0.3) is 0 Å². The highest BCUT2D eigenvalue weighted by Gasteiger charge is 2.28. The van der Waals surface area contributed by atoms with Crippen molar-refractivity contribution >= 4 is 9.84 Å². The summed E-state index contributed by atoms with van der Waals surface area (Å²) in [5, 5.41) is -0.164. The maximum Gasteiger partial charge on any atom is 0.155 e. The molecule has 0 aromatic rings. The number of ether oxygens (including phenoxy) is 1. The zero-order valence-corrected chi connectivity index (χ0v) is 11.3. The molecule has 96 valence electrons. The van der Waals surface area contributed by atoms with Crippen molar-refractivity contribution in [1.29, 1.82) is 0 Å². The third-order valence-corrected chi connectivity index (χ3v) is 5.69. The van der Waals surface area contributed by atoms with Crippen molar-refractivity contribution in [2.45, 2.75) is 63.7 Å². The molecule has 2 atom stereocenters. The number of hydrogen-bond donors (Lipinski definition) is 0. The Labute approximate surface area is 99.5 Å². The zero-order valence-electron chi connectivity index (χ0n) is 10.4. The Morgan fingerprint density at radius 3 is 2.56 bits per heavy atom. The van der Waals surface area contributed by atoms with E-state index in [2.05, 4.69) is 0 Å². The second-order valence-corrected chi connectivity index (χ2v) is 6.96. The van der Waals surface area contributed by atoms with E-state index >= 15 is 0 Å². The van der Waals surface area contributed by atoms with E-state index in [4.69, 9.17) is 4.74 Å². The summed E-state index contributed by atoms with van der Waals surface area (Å²) in [6.45, 7) is 4.72. The van der Waals surface area contributed by atoms with E-state index in [-0.39, 0.29) is 17.1 Å². The first-order valence-electron chi connectivity index (χ1n) is 6.43. The minimum absolute atomic E-state index is 0.0512. The predicted molar refractivity (Wildman–Crippen MR) is 66.4 cm³/mol. The summed E-state index contributed by atoms with van der Waals surface area (Å²) in [6, 6.07) is 0. The van der Waals surface area contributed by atoms with Crippen LogP contribution in [0.1, 0.15) is 52.4 Å². The third kappa shape index (κ3) is 4.06. The Hall–Kier alpha value is -0.0900. The molecule has 0 radical (unpaired) electrons. The summed E-state index contributed by atoms with van der Waals surface area (Å²) in [6.07, 6.45) is 5.47. The first-order valence-corrected chi connectivity index (χ1v) is 8.14. The van der Waals surface area contributed by atoms with Crippen molar-refractivity contribution in [3.05, 3.63) is 0 Å². The van der Waals surface area contributed by atoms with E-state index in [9.17, 15) is 8.42 Å². The minimum Gasteiger partial charge on any atom is -0.377 e. The van der Waals surface area contributed by atoms with Crippen molar-refractivity contribution in [2.24, 2.45) is 0 Å². The van der Waals surface area contributed by atoms with Gasteiger partial charge in [-0.3, -0.25) is 0 Å². The van der Waals surface area contributed by atoms with Crippen LogP contribution in [0, 0.1) is 0 Å². The van der Waals surface area contributed by atoms with Gasteiger partial charge in [0.05, 0.1) is 17.1 Å². The highest BCUT2D eigenvalue weighted by atomic mass is 32.2. The maximum absolute atomic E-state index is 12.1. The molecule has 3 nitrogen and oxygen atoms in total. The Balaban J connectivity index is 2.54. The smallest absolute Gasteiger partial charge is 0.155 e. The number of hydrogen-bond acceptors (Lipinski definition) is 3. The standard InChI is InChI=1S/C12H24O3S/c1-3-7-12(4-2)16(13,14)10-11-8-5-6-9-15-11/h11-12H,3-10H2,1-2H3. The van der Waals surface area contributed by atoms with Crippen LogP contribution in [-0.4, -0.2) is 32.1 Å². The van der Waals surface area contributed by atoms with E-state index in [0.29, 0.717) is 0 Å². The average molecular weight is 248 g/mol. The monoisotopic (exact) mass is 248 g/mol. The van der Waals surface area contributed by atoms with E-state index in [0.717, 1.165) is 45.1 Å². The van der Waals surface area contributed by atoms with Gasteiger partial charge in [0.1, 0.15) is 0 Å². The molecule has 0 aromatic heterocycles. The molecule has 16 heavy (non-hydrogen) atoms. The topological polar surface area (TPSA) is 43.4 Å². The molecule has 0 spiro atoms. The summed E-state index contributed by atoms with van der Waals surface area (Å²) in [7, 11) is -2.96. The lowest BCUT2D eigenvalue weighted by Gasteiger charge is -2.24. The summed E-state index contributed by atoms with van der Waals surface area (Å²) in [4.78, 5) is 0. The molecule has 0 saturated carbocycles. The number of rotatable bonds is 6. The van der Waals surface area contributed by atoms with Crippen molar-refractivity contribution in [3.8, 4) is 0 Å². The van der Waals surface area contributed by atoms with E-state index in [1.807, 2.05) is 13.8 Å². The van der Waals surface area contributed by atoms with Gasteiger partial charge in [0.15, 0.2) is 9.84 Å². The predicted octanol–water partition coefficient (Wildman–Crippen LogP) is 2.55. The van der Waals surface area contributed by atoms with Crippen LogP contribution in [0.4, 0.5) is 0 Å². The van der Waals surface area contributed by atoms with Gasteiger partial charge in [-0.25, -0.2) is 8.42 Å². The molecule has 2 unspecified atom stereocenters. The van der Waals surface area contributed by atoms with Gasteiger partial charge in [-0.2, -0.15) is 0 Å². The average Bonchev–Trinajstić information content (AvgIpc) is 2.26. The minimum atomic E-state index is -2.96. The van der Waals surface area contributed by atoms with Gasteiger partial charge in [0, 0.05) is 6.61 Å². The zero-order chi connectivity index (χ0) is 12.0. The Morgan fingerprint density at radius 1 is 1.31 bits per heavy atom. The van der Waals surface area contributed by atoms with Crippen molar-refractivity contribution in [3.63, 3.8) is 0 Å². The molecule has 1 aliphatic heterocycles. The fraction of sp³-hybridized carbons (Fsp3) is 1.00.